The molecule has 1 amide bonds. The number of fused-ring (bicyclic) bond motifs is 1. The smallest absolute Gasteiger partial charge is 0.276 e. The van der Waals surface area contributed by atoms with Gasteiger partial charge in [0.25, 0.3) is 5.91 Å². The van der Waals surface area contributed by atoms with Gasteiger partial charge >= 0.3 is 0 Å². The maximum absolute atomic E-state index is 12.3. The van der Waals surface area contributed by atoms with Gasteiger partial charge in [0.1, 0.15) is 0 Å². The average molecular weight is 260 g/mol. The lowest BCUT2D eigenvalue weighted by molar-refractivity contribution is -0.163. The van der Waals surface area contributed by atoms with Crippen molar-refractivity contribution in [2.24, 2.45) is 5.92 Å². The average Bonchev–Trinajstić information content (AvgIpc) is 2.65. The fourth-order valence-electron chi connectivity index (χ4n) is 3.24. The van der Waals surface area contributed by atoms with E-state index in [2.05, 4.69) is 12.2 Å². The summed E-state index contributed by atoms with van der Waals surface area (Å²) in [4.78, 5) is 14.2. The molecule has 0 aliphatic carbocycles. The van der Waals surface area contributed by atoms with Crippen LogP contribution in [0.25, 0.3) is 0 Å². The summed E-state index contributed by atoms with van der Waals surface area (Å²) in [5, 5.41) is 13.8. The number of amides is 1. The molecule has 4 nitrogen and oxygen atoms in total. The third-order valence-electron chi connectivity index (χ3n) is 4.32. The van der Waals surface area contributed by atoms with Crippen molar-refractivity contribution in [3.63, 3.8) is 0 Å². The van der Waals surface area contributed by atoms with Crippen LogP contribution in [0.1, 0.15) is 30.9 Å². The van der Waals surface area contributed by atoms with Crippen LogP contribution in [0.4, 0.5) is 5.69 Å². The van der Waals surface area contributed by atoms with Gasteiger partial charge in [-0.1, -0.05) is 25.1 Å². The Bertz CT molecular complexity index is 529. The second-order valence-electron chi connectivity index (χ2n) is 5.82. The van der Waals surface area contributed by atoms with E-state index in [1.165, 1.54) is 0 Å². The Morgan fingerprint density at radius 2 is 2.26 bits per heavy atom. The predicted octanol–water partition coefficient (Wildman–Crippen LogP) is 1.82. The zero-order valence-corrected chi connectivity index (χ0v) is 11.4. The van der Waals surface area contributed by atoms with Crippen LogP contribution in [0.5, 0.6) is 0 Å². The second-order valence-corrected chi connectivity index (χ2v) is 5.82. The highest BCUT2D eigenvalue weighted by molar-refractivity contribution is 6.05. The van der Waals surface area contributed by atoms with E-state index in [1.54, 1.807) is 0 Å². The van der Waals surface area contributed by atoms with Crippen LogP contribution in [0, 0.1) is 12.8 Å². The predicted molar refractivity (Wildman–Crippen MR) is 73.7 cm³/mol. The number of carbonyl (C=O) groups excluding carboxylic acids is 1. The first-order chi connectivity index (χ1) is 9.03. The Morgan fingerprint density at radius 3 is 3.00 bits per heavy atom. The third-order valence-corrected chi connectivity index (χ3v) is 4.32. The van der Waals surface area contributed by atoms with Gasteiger partial charge < -0.3 is 10.4 Å². The molecule has 0 unspecified atom stereocenters. The van der Waals surface area contributed by atoms with Crippen LogP contribution in [0.3, 0.4) is 0 Å². The van der Waals surface area contributed by atoms with Gasteiger partial charge in [-0.2, -0.15) is 0 Å². The molecule has 0 radical (unpaired) electrons. The molecule has 1 saturated heterocycles. The summed E-state index contributed by atoms with van der Waals surface area (Å²) in [6.07, 6.45) is 2.19. The maximum atomic E-state index is 12.3. The van der Waals surface area contributed by atoms with Crippen molar-refractivity contribution in [2.75, 3.05) is 18.4 Å². The number of anilines is 1. The number of nitrogens with one attached hydrogen (secondary N) is 1. The number of likely N-dealkylation sites (tertiary alicyclic amines) is 1. The minimum atomic E-state index is -1.49. The van der Waals surface area contributed by atoms with Gasteiger partial charge in [0.15, 0.2) is 0 Å². The van der Waals surface area contributed by atoms with Crippen LogP contribution in [-0.2, 0) is 10.5 Å². The number of benzene rings is 1. The van der Waals surface area contributed by atoms with Crippen LogP contribution in [-0.4, -0.2) is 29.0 Å². The molecular formula is C15H20N2O2. The number of aliphatic hydroxyl groups is 1. The molecule has 2 atom stereocenters. The Hall–Kier alpha value is -1.39. The van der Waals surface area contributed by atoms with Crippen molar-refractivity contribution in [2.45, 2.75) is 32.4 Å². The largest absolute Gasteiger partial charge is 0.364 e. The second kappa shape index (κ2) is 4.32. The van der Waals surface area contributed by atoms with Gasteiger partial charge in [-0.05, 0) is 31.2 Å². The van der Waals surface area contributed by atoms with E-state index in [0.717, 1.165) is 37.2 Å². The van der Waals surface area contributed by atoms with Gasteiger partial charge in [0.05, 0.1) is 5.69 Å². The number of aryl methyl sites for hydroxylation is 1. The minimum absolute atomic E-state index is 0.314. The highest BCUT2D eigenvalue weighted by Gasteiger charge is 2.51. The summed E-state index contributed by atoms with van der Waals surface area (Å²) in [5.41, 5.74) is 0.974. The van der Waals surface area contributed by atoms with Crippen molar-refractivity contribution in [1.82, 2.24) is 4.90 Å². The summed E-state index contributed by atoms with van der Waals surface area (Å²) in [6, 6.07) is 5.69. The van der Waals surface area contributed by atoms with Crippen molar-refractivity contribution < 1.29 is 9.90 Å². The van der Waals surface area contributed by atoms with Gasteiger partial charge in [-0.25, -0.2) is 0 Å². The van der Waals surface area contributed by atoms with E-state index in [0.29, 0.717) is 11.5 Å². The molecule has 19 heavy (non-hydrogen) atoms. The van der Waals surface area contributed by atoms with E-state index in [9.17, 15) is 9.90 Å². The van der Waals surface area contributed by atoms with E-state index in [1.807, 2.05) is 30.0 Å². The molecule has 1 aromatic rings. The number of rotatable bonds is 1. The highest BCUT2D eigenvalue weighted by Crippen LogP contribution is 2.41. The fourth-order valence-corrected chi connectivity index (χ4v) is 3.24. The number of piperidine rings is 1. The molecule has 0 aromatic heterocycles. The molecule has 2 N–H and O–H groups in total. The van der Waals surface area contributed by atoms with Gasteiger partial charge in [0, 0.05) is 18.7 Å². The Labute approximate surface area is 113 Å². The van der Waals surface area contributed by atoms with E-state index in [4.69, 9.17) is 0 Å². The molecular weight excluding hydrogens is 240 g/mol. The molecule has 2 aliphatic rings. The Balaban J connectivity index is 2.04. The fraction of sp³-hybridized carbons (Fsp3) is 0.533. The van der Waals surface area contributed by atoms with Crippen molar-refractivity contribution in [1.29, 1.82) is 0 Å². The van der Waals surface area contributed by atoms with Crippen molar-refractivity contribution in [3.05, 3.63) is 29.3 Å². The number of para-hydroxylation sites is 1. The number of carbonyl (C=O) groups is 1. The van der Waals surface area contributed by atoms with E-state index < -0.39 is 5.72 Å². The monoisotopic (exact) mass is 260 g/mol. The van der Waals surface area contributed by atoms with Crippen LogP contribution in [0.2, 0.25) is 0 Å². The number of nitrogens with zero attached hydrogens (tertiary/aromatic N) is 1. The molecule has 102 valence electrons. The minimum Gasteiger partial charge on any atom is -0.364 e. The summed E-state index contributed by atoms with van der Waals surface area (Å²) in [7, 11) is 0. The molecule has 0 bridgehead atoms. The van der Waals surface area contributed by atoms with E-state index >= 15 is 0 Å². The quantitative estimate of drug-likeness (QED) is 0.810. The SMILES string of the molecule is Cc1cccc2c1NC(=O)[C@@]2(O)N1CCC[C@H](C)C1. The number of hydrogen-bond donors (Lipinski definition) is 2. The molecule has 2 heterocycles. The summed E-state index contributed by atoms with van der Waals surface area (Å²) >= 11 is 0. The molecule has 0 saturated carbocycles. The lowest BCUT2D eigenvalue weighted by Crippen LogP contribution is -2.54. The maximum Gasteiger partial charge on any atom is 0.276 e. The first kappa shape index (κ1) is 12.6. The summed E-state index contributed by atoms with van der Waals surface area (Å²) in [6.45, 7) is 5.64. The normalized spacial score (nSPS) is 31.1. The van der Waals surface area contributed by atoms with Gasteiger partial charge in [-0.15, -0.1) is 0 Å². The molecule has 0 spiro atoms. The lowest BCUT2D eigenvalue weighted by atomic mass is 9.94. The van der Waals surface area contributed by atoms with Crippen LogP contribution >= 0.6 is 0 Å². The molecule has 3 rings (SSSR count). The van der Waals surface area contributed by atoms with Crippen LogP contribution in [0.15, 0.2) is 18.2 Å². The molecule has 2 aliphatic heterocycles. The number of hydrogen-bond acceptors (Lipinski definition) is 3. The zero-order chi connectivity index (χ0) is 13.6. The highest BCUT2D eigenvalue weighted by atomic mass is 16.3. The first-order valence-electron chi connectivity index (χ1n) is 6.92. The standard InChI is InChI=1S/C15H20N2O2/c1-10-5-4-8-17(9-10)15(19)12-7-3-6-11(2)13(12)16-14(15)18/h3,6-7,10,19H,4-5,8-9H2,1-2H3,(H,16,18)/t10-,15+/m0/s1. The van der Waals surface area contributed by atoms with Crippen LogP contribution < -0.4 is 5.32 Å². The Morgan fingerprint density at radius 1 is 1.47 bits per heavy atom. The lowest BCUT2D eigenvalue weighted by Gasteiger charge is -2.39. The Kier molecular flexibility index (Phi) is 2.87. The summed E-state index contributed by atoms with van der Waals surface area (Å²) < 4.78 is 0. The van der Waals surface area contributed by atoms with E-state index in [-0.39, 0.29) is 5.91 Å². The van der Waals surface area contributed by atoms with Gasteiger partial charge in [-0.3, -0.25) is 9.69 Å². The molecule has 4 heteroatoms. The van der Waals surface area contributed by atoms with Crippen molar-refractivity contribution in [3.8, 4) is 0 Å². The zero-order valence-electron chi connectivity index (χ0n) is 11.4. The van der Waals surface area contributed by atoms with Crippen molar-refractivity contribution >= 4 is 11.6 Å². The molecule has 1 fully saturated rings. The van der Waals surface area contributed by atoms with Gasteiger partial charge in [0.2, 0.25) is 5.72 Å². The summed E-state index contributed by atoms with van der Waals surface area (Å²) in [5.74, 6) is 0.199. The topological polar surface area (TPSA) is 52.6 Å². The molecule has 1 aromatic carbocycles. The first-order valence-corrected chi connectivity index (χ1v) is 6.92. The third kappa shape index (κ3) is 1.78.